The van der Waals surface area contributed by atoms with Crippen molar-refractivity contribution in [3.8, 4) is 28.7 Å². The fourth-order valence-electron chi connectivity index (χ4n) is 5.68. The predicted octanol–water partition coefficient (Wildman–Crippen LogP) is 5.49. The van der Waals surface area contributed by atoms with Gasteiger partial charge in [0.2, 0.25) is 5.91 Å². The van der Waals surface area contributed by atoms with Crippen LogP contribution in [0.2, 0.25) is 5.02 Å². The van der Waals surface area contributed by atoms with Crippen LogP contribution in [0.3, 0.4) is 0 Å². The van der Waals surface area contributed by atoms with Gasteiger partial charge in [-0.05, 0) is 54.7 Å². The number of carbonyl (C=O) groups is 2. The Kier molecular flexibility index (Phi) is 11.2. The second kappa shape index (κ2) is 15.7. The number of nitrogens with one attached hydrogen (secondary N) is 2. The van der Waals surface area contributed by atoms with Crippen molar-refractivity contribution in [2.75, 3.05) is 6.61 Å². The Labute approximate surface area is 282 Å². The van der Waals surface area contributed by atoms with E-state index in [1.165, 1.54) is 12.3 Å². The third-order valence-electron chi connectivity index (χ3n) is 7.99. The number of carbonyl (C=O) groups excluding carboxylic acids is 1. The number of ether oxygens (including phenoxy) is 2. The van der Waals surface area contributed by atoms with Crippen molar-refractivity contribution >= 4 is 23.5 Å². The molecule has 1 aliphatic carbocycles. The molecule has 3 atom stereocenters. The molecule has 0 saturated heterocycles. The lowest BCUT2D eigenvalue weighted by atomic mass is 9.96. The molecule has 4 N–H and O–H groups in total. The molecule has 10 nitrogen and oxygen atoms in total. The molecule has 0 fully saturated rings. The highest BCUT2D eigenvalue weighted by Gasteiger charge is 2.28. The lowest BCUT2D eigenvalue weighted by Crippen LogP contribution is -2.49. The number of halogens is 2. The number of nitrogens with zero attached hydrogens (tertiary/aromatic N) is 2. The van der Waals surface area contributed by atoms with Crippen LogP contribution in [0.1, 0.15) is 53.7 Å². The van der Waals surface area contributed by atoms with Gasteiger partial charge in [0.05, 0.1) is 23.6 Å². The van der Waals surface area contributed by atoms with E-state index in [1.54, 1.807) is 49.5 Å². The normalized spacial score (nSPS) is 14.8. The van der Waals surface area contributed by atoms with Gasteiger partial charge in [0.1, 0.15) is 42.1 Å². The van der Waals surface area contributed by atoms with Gasteiger partial charge in [-0.2, -0.15) is 5.26 Å². The van der Waals surface area contributed by atoms with Crippen molar-refractivity contribution in [2.45, 2.75) is 57.5 Å². The fraction of sp³-hybridized carbons (Fsp3) is 0.278. The van der Waals surface area contributed by atoms with E-state index >= 15 is 0 Å². The maximum atomic E-state index is 14.7. The third-order valence-corrected chi connectivity index (χ3v) is 8.29. The number of rotatable bonds is 14. The van der Waals surface area contributed by atoms with Gasteiger partial charge in [0, 0.05) is 47.7 Å². The van der Waals surface area contributed by atoms with E-state index in [1.807, 2.05) is 18.2 Å². The zero-order valence-electron chi connectivity index (χ0n) is 26.1. The van der Waals surface area contributed by atoms with Gasteiger partial charge in [0.25, 0.3) is 0 Å². The van der Waals surface area contributed by atoms with E-state index in [9.17, 15) is 24.3 Å². The Hall–Kier alpha value is -5.02. The lowest BCUT2D eigenvalue weighted by molar-refractivity contribution is -0.137. The van der Waals surface area contributed by atoms with E-state index in [2.05, 4.69) is 21.7 Å². The molecule has 0 saturated carbocycles. The smallest absolute Gasteiger partial charge is 0.305 e. The topological polar surface area (TPSA) is 154 Å². The summed E-state index contributed by atoms with van der Waals surface area (Å²) >= 11 is 6.75. The van der Waals surface area contributed by atoms with Gasteiger partial charge in [-0.15, -0.1) is 0 Å². The van der Waals surface area contributed by atoms with Crippen LogP contribution >= 0.6 is 11.6 Å². The molecular weight excluding hydrogens is 639 g/mol. The number of aromatic nitrogens is 1. The van der Waals surface area contributed by atoms with Gasteiger partial charge in [0.15, 0.2) is 0 Å². The van der Waals surface area contributed by atoms with Gasteiger partial charge in [-0.1, -0.05) is 48.0 Å². The SMILES string of the molecule is C[C@@H](CC(=O)O)NC(=O)C(CO)NCc1cc(Cl)c(O[C@H]2CCc3c(-c4ccccc4F)cccc32)cc1OCc1cncc(C#N)c1. The van der Waals surface area contributed by atoms with Crippen molar-refractivity contribution < 1.29 is 33.7 Å². The van der Waals surface area contributed by atoms with Gasteiger partial charge < -0.3 is 25.0 Å². The van der Waals surface area contributed by atoms with Crippen molar-refractivity contribution in [2.24, 2.45) is 0 Å². The van der Waals surface area contributed by atoms with Crippen LogP contribution in [0.15, 0.2) is 73.1 Å². The van der Waals surface area contributed by atoms with Gasteiger partial charge in [-0.25, -0.2) is 4.39 Å². The van der Waals surface area contributed by atoms with Crippen molar-refractivity contribution in [3.05, 3.63) is 112 Å². The number of pyridine rings is 1. The van der Waals surface area contributed by atoms with Crippen molar-refractivity contribution in [1.82, 2.24) is 15.6 Å². The Bertz CT molecular complexity index is 1850. The standard InChI is InChI=1S/C36H34ClFN4O6/c1-21(11-35(44)45)42-36(46)31(19-43)41-18-24-13-29(37)34(14-33(24)47-20-23-12-22(15-39)16-40-17-23)48-32-10-9-26-25(6-4-7-28(26)32)27-5-2-3-8-30(27)38/h2-8,12-14,16-17,21,31-32,41,43H,9-11,18-20H2,1H3,(H,42,46)(H,44,45)/t21-,31?,32-/m0/s1. The molecule has 12 heteroatoms. The summed E-state index contributed by atoms with van der Waals surface area (Å²) in [7, 11) is 0. The fourth-order valence-corrected chi connectivity index (χ4v) is 5.91. The first kappa shape index (κ1) is 34.3. The van der Waals surface area contributed by atoms with Crippen LogP contribution < -0.4 is 20.1 Å². The summed E-state index contributed by atoms with van der Waals surface area (Å²) in [6.07, 6.45) is 3.74. The molecule has 4 aromatic rings. The number of hydrogen-bond donors (Lipinski definition) is 4. The van der Waals surface area contributed by atoms with Crippen LogP contribution in [-0.2, 0) is 29.2 Å². The monoisotopic (exact) mass is 672 g/mol. The number of benzene rings is 3. The predicted molar refractivity (Wildman–Crippen MR) is 176 cm³/mol. The summed E-state index contributed by atoms with van der Waals surface area (Å²) in [4.78, 5) is 27.8. The highest BCUT2D eigenvalue weighted by Crippen LogP contribution is 2.43. The molecule has 0 aliphatic heterocycles. The average molecular weight is 673 g/mol. The Morgan fingerprint density at radius 2 is 1.92 bits per heavy atom. The first-order valence-corrected chi connectivity index (χ1v) is 15.7. The average Bonchev–Trinajstić information content (AvgIpc) is 3.48. The minimum Gasteiger partial charge on any atom is -0.488 e. The molecule has 1 unspecified atom stereocenters. The quantitative estimate of drug-likeness (QED) is 0.136. The molecule has 0 spiro atoms. The number of carboxylic acids is 1. The van der Waals surface area contributed by atoms with Crippen LogP contribution in [0, 0.1) is 17.1 Å². The van der Waals surface area contributed by atoms with Crippen LogP contribution in [0.4, 0.5) is 4.39 Å². The number of carboxylic acid groups (broad SMARTS) is 1. The minimum atomic E-state index is -1.06. The number of hydrogen-bond acceptors (Lipinski definition) is 8. The van der Waals surface area contributed by atoms with E-state index < -0.39 is 30.6 Å². The molecule has 248 valence electrons. The maximum Gasteiger partial charge on any atom is 0.305 e. The maximum absolute atomic E-state index is 14.7. The Morgan fingerprint density at radius 3 is 2.67 bits per heavy atom. The first-order chi connectivity index (χ1) is 23.2. The molecular formula is C36H34ClFN4O6. The molecule has 1 aromatic heterocycles. The van der Waals surface area contributed by atoms with Gasteiger partial charge >= 0.3 is 5.97 Å². The van der Waals surface area contributed by atoms with E-state index in [4.69, 9.17) is 26.2 Å². The zero-order chi connectivity index (χ0) is 34.2. The Balaban J connectivity index is 1.39. The third kappa shape index (κ3) is 8.27. The number of aliphatic hydroxyl groups is 1. The first-order valence-electron chi connectivity index (χ1n) is 15.4. The molecule has 0 radical (unpaired) electrons. The van der Waals surface area contributed by atoms with E-state index in [0.29, 0.717) is 46.6 Å². The van der Waals surface area contributed by atoms with Gasteiger partial charge in [-0.3, -0.25) is 19.9 Å². The molecule has 5 rings (SSSR count). The second-order valence-electron chi connectivity index (χ2n) is 11.5. The summed E-state index contributed by atoms with van der Waals surface area (Å²) < 4.78 is 27.3. The van der Waals surface area contributed by atoms with Crippen LogP contribution in [-0.4, -0.2) is 45.8 Å². The van der Waals surface area contributed by atoms with Crippen LogP contribution in [0.5, 0.6) is 11.5 Å². The number of aliphatic hydroxyl groups excluding tert-OH is 1. The summed E-state index contributed by atoms with van der Waals surface area (Å²) in [6.45, 7) is 1.13. The molecule has 48 heavy (non-hydrogen) atoms. The summed E-state index contributed by atoms with van der Waals surface area (Å²) in [6, 6.07) is 17.7. The molecule has 1 heterocycles. The molecule has 0 bridgehead atoms. The highest BCUT2D eigenvalue weighted by molar-refractivity contribution is 6.32. The number of aliphatic carboxylic acids is 1. The molecule has 3 aromatic carbocycles. The number of fused-ring (bicyclic) bond motifs is 1. The minimum absolute atomic E-state index is 0.0516. The summed E-state index contributed by atoms with van der Waals surface area (Å²) in [5, 5.41) is 34.0. The molecule has 1 amide bonds. The largest absolute Gasteiger partial charge is 0.488 e. The van der Waals surface area contributed by atoms with E-state index in [0.717, 1.165) is 16.7 Å². The lowest BCUT2D eigenvalue weighted by Gasteiger charge is -2.22. The summed E-state index contributed by atoms with van der Waals surface area (Å²) in [5.74, 6) is -1.19. The van der Waals surface area contributed by atoms with Crippen LogP contribution in [0.25, 0.3) is 11.1 Å². The molecule has 1 aliphatic rings. The number of amides is 1. The summed E-state index contributed by atoms with van der Waals surface area (Å²) in [5.41, 5.74) is 4.88. The van der Waals surface area contributed by atoms with E-state index in [-0.39, 0.29) is 36.5 Å². The highest BCUT2D eigenvalue weighted by atomic mass is 35.5. The number of nitriles is 1. The van der Waals surface area contributed by atoms with Crippen molar-refractivity contribution in [3.63, 3.8) is 0 Å². The van der Waals surface area contributed by atoms with Crippen molar-refractivity contribution in [1.29, 1.82) is 5.26 Å². The second-order valence-corrected chi connectivity index (χ2v) is 11.9. The Morgan fingerprint density at radius 1 is 1.12 bits per heavy atom. The zero-order valence-corrected chi connectivity index (χ0v) is 26.8.